The summed E-state index contributed by atoms with van der Waals surface area (Å²) >= 11 is 0. The summed E-state index contributed by atoms with van der Waals surface area (Å²) in [6.45, 7) is 0.597. The largest absolute Gasteiger partial charge is 0.399 e. The number of carbonyl (C=O) groups is 1. The van der Waals surface area contributed by atoms with Gasteiger partial charge in [0.05, 0.1) is 11.9 Å². The molecule has 6 nitrogen and oxygen atoms in total. The van der Waals surface area contributed by atoms with Crippen molar-refractivity contribution in [3.8, 4) is 0 Å². The van der Waals surface area contributed by atoms with Gasteiger partial charge in [-0.15, -0.1) is 0 Å². The molecule has 1 amide bonds. The van der Waals surface area contributed by atoms with Gasteiger partial charge in [0.25, 0.3) is 0 Å². The van der Waals surface area contributed by atoms with Crippen LogP contribution in [0.25, 0.3) is 0 Å². The molecule has 1 atom stereocenters. The van der Waals surface area contributed by atoms with Crippen LogP contribution < -0.4 is 10.6 Å². The van der Waals surface area contributed by atoms with Crippen molar-refractivity contribution in [3.63, 3.8) is 0 Å². The fourth-order valence-electron chi connectivity index (χ4n) is 2.24. The second-order valence-corrected chi connectivity index (χ2v) is 7.34. The number of nitrogens with two attached hydrogens (primary N) is 1. The number of nitrogens with zero attached hydrogens (tertiary/aromatic N) is 1. The molecule has 0 aliphatic carbocycles. The molecule has 1 unspecified atom stereocenters. The number of hydrogen-bond acceptors (Lipinski definition) is 5. The minimum Gasteiger partial charge on any atom is -0.399 e. The molecule has 0 saturated carbocycles. The minimum atomic E-state index is -3.47. The molecule has 0 spiro atoms. The third kappa shape index (κ3) is 4.44. The van der Waals surface area contributed by atoms with Gasteiger partial charge in [0, 0.05) is 25.0 Å². The van der Waals surface area contributed by atoms with Crippen molar-refractivity contribution in [1.82, 2.24) is 0 Å². The molecule has 1 fully saturated rings. The van der Waals surface area contributed by atoms with E-state index in [0.29, 0.717) is 18.0 Å². The first-order chi connectivity index (χ1) is 9.87. The first-order valence-electron chi connectivity index (χ1n) is 6.81. The second kappa shape index (κ2) is 6.44. The maximum atomic E-state index is 12.1. The Labute approximate surface area is 124 Å². The summed E-state index contributed by atoms with van der Waals surface area (Å²) in [5.74, 6) is -1.06. The zero-order valence-electron chi connectivity index (χ0n) is 12.0. The predicted molar refractivity (Wildman–Crippen MR) is 81.9 cm³/mol. The van der Waals surface area contributed by atoms with E-state index in [1.165, 1.54) is 4.90 Å². The van der Waals surface area contributed by atoms with Crippen LogP contribution in [0.4, 0.5) is 11.4 Å². The van der Waals surface area contributed by atoms with Crippen LogP contribution >= 0.6 is 0 Å². The van der Waals surface area contributed by atoms with Gasteiger partial charge in [-0.05, 0) is 37.1 Å². The molecule has 1 aliphatic heterocycles. The Morgan fingerprint density at radius 3 is 2.62 bits per heavy atom. The van der Waals surface area contributed by atoms with Crippen LogP contribution in [0.5, 0.6) is 0 Å². The van der Waals surface area contributed by atoms with Crippen LogP contribution in [-0.2, 0) is 19.4 Å². The minimum absolute atomic E-state index is 0.0890. The summed E-state index contributed by atoms with van der Waals surface area (Å²) in [5.41, 5.74) is 6.78. The molecular weight excluding hydrogens is 292 g/mol. The van der Waals surface area contributed by atoms with E-state index in [1.807, 2.05) is 0 Å². The predicted octanol–water partition coefficient (Wildman–Crippen LogP) is 0.825. The molecule has 0 radical (unpaired) electrons. The fourth-order valence-corrected chi connectivity index (χ4v) is 3.76. The van der Waals surface area contributed by atoms with Crippen molar-refractivity contribution in [2.24, 2.45) is 0 Å². The topological polar surface area (TPSA) is 89.7 Å². The number of rotatable bonds is 5. The molecule has 1 heterocycles. The molecule has 2 N–H and O–H groups in total. The smallest absolute Gasteiger partial charge is 0.241 e. The second-order valence-electron chi connectivity index (χ2n) is 5.23. The van der Waals surface area contributed by atoms with Gasteiger partial charge in [-0.2, -0.15) is 0 Å². The van der Waals surface area contributed by atoms with Crippen LogP contribution in [0.1, 0.15) is 12.8 Å². The lowest BCUT2D eigenvalue weighted by molar-refractivity contribution is -0.115. The number of ether oxygens (including phenoxy) is 1. The number of anilines is 2. The lowest BCUT2D eigenvalue weighted by Gasteiger charge is -2.18. The molecule has 1 aliphatic rings. The van der Waals surface area contributed by atoms with Crippen LogP contribution in [0.15, 0.2) is 24.3 Å². The number of carbonyl (C=O) groups excluding carboxylic acids is 1. The maximum absolute atomic E-state index is 12.1. The number of nitrogen functional groups attached to an aromatic ring is 1. The SMILES string of the molecule is CN(C(=O)CS(=O)(=O)CC1CCCO1)c1ccc(N)cc1. The molecule has 116 valence electrons. The van der Waals surface area contributed by atoms with Gasteiger partial charge < -0.3 is 15.4 Å². The van der Waals surface area contributed by atoms with Gasteiger partial charge in [0.2, 0.25) is 5.91 Å². The average Bonchev–Trinajstić information content (AvgIpc) is 2.90. The first-order valence-corrected chi connectivity index (χ1v) is 8.64. The van der Waals surface area contributed by atoms with Crippen LogP contribution in [-0.4, -0.2) is 45.6 Å². The third-order valence-electron chi connectivity index (χ3n) is 3.46. The summed E-state index contributed by atoms with van der Waals surface area (Å²) in [6, 6.07) is 6.69. The van der Waals surface area contributed by atoms with Crippen LogP contribution in [0, 0.1) is 0 Å². The van der Waals surface area contributed by atoms with E-state index >= 15 is 0 Å². The van der Waals surface area contributed by atoms with Crippen molar-refractivity contribution in [1.29, 1.82) is 0 Å². The number of sulfone groups is 1. The van der Waals surface area contributed by atoms with E-state index in [9.17, 15) is 13.2 Å². The Morgan fingerprint density at radius 2 is 2.05 bits per heavy atom. The molecule has 1 aromatic carbocycles. The Hall–Kier alpha value is -1.60. The summed E-state index contributed by atoms with van der Waals surface area (Å²) in [6.07, 6.45) is 1.34. The van der Waals surface area contributed by atoms with Gasteiger partial charge in [-0.25, -0.2) is 8.42 Å². The van der Waals surface area contributed by atoms with Crippen molar-refractivity contribution >= 4 is 27.1 Å². The van der Waals surface area contributed by atoms with E-state index in [-0.39, 0.29) is 11.9 Å². The van der Waals surface area contributed by atoms with Gasteiger partial charge in [-0.3, -0.25) is 4.79 Å². The van der Waals surface area contributed by atoms with E-state index in [4.69, 9.17) is 10.5 Å². The van der Waals surface area contributed by atoms with Crippen molar-refractivity contribution in [3.05, 3.63) is 24.3 Å². The first kappa shape index (κ1) is 15.8. The van der Waals surface area contributed by atoms with Crippen LogP contribution in [0.2, 0.25) is 0 Å². The quantitative estimate of drug-likeness (QED) is 0.813. The fraction of sp³-hybridized carbons (Fsp3) is 0.500. The Bertz CT molecular complexity index is 592. The zero-order chi connectivity index (χ0) is 15.5. The van der Waals surface area contributed by atoms with Crippen LogP contribution in [0.3, 0.4) is 0 Å². The normalized spacial score (nSPS) is 18.6. The summed E-state index contributed by atoms with van der Waals surface area (Å²) in [4.78, 5) is 13.4. The van der Waals surface area contributed by atoms with Gasteiger partial charge in [-0.1, -0.05) is 0 Å². The van der Waals surface area contributed by atoms with Gasteiger partial charge in [0.1, 0.15) is 5.75 Å². The van der Waals surface area contributed by atoms with Crippen molar-refractivity contribution < 1.29 is 17.9 Å². The average molecular weight is 312 g/mol. The molecule has 21 heavy (non-hydrogen) atoms. The summed E-state index contributed by atoms with van der Waals surface area (Å²) in [5, 5.41) is 0. The highest BCUT2D eigenvalue weighted by molar-refractivity contribution is 7.92. The lowest BCUT2D eigenvalue weighted by atomic mass is 10.2. The molecule has 0 aromatic heterocycles. The van der Waals surface area contributed by atoms with E-state index in [2.05, 4.69) is 0 Å². The highest BCUT2D eigenvalue weighted by Crippen LogP contribution is 2.17. The Morgan fingerprint density at radius 1 is 1.38 bits per heavy atom. The molecule has 0 bridgehead atoms. The van der Waals surface area contributed by atoms with E-state index < -0.39 is 21.5 Å². The van der Waals surface area contributed by atoms with Crippen molar-refractivity contribution in [2.75, 3.05) is 35.8 Å². The molecule has 1 saturated heterocycles. The number of benzene rings is 1. The monoisotopic (exact) mass is 312 g/mol. The zero-order valence-corrected chi connectivity index (χ0v) is 12.8. The van der Waals surface area contributed by atoms with E-state index in [0.717, 1.165) is 12.8 Å². The maximum Gasteiger partial charge on any atom is 0.241 e. The number of amides is 1. The van der Waals surface area contributed by atoms with Gasteiger partial charge in [0.15, 0.2) is 9.84 Å². The number of hydrogen-bond donors (Lipinski definition) is 1. The molecule has 2 rings (SSSR count). The van der Waals surface area contributed by atoms with E-state index in [1.54, 1.807) is 31.3 Å². The molecular formula is C14H20N2O4S. The molecule has 1 aromatic rings. The third-order valence-corrected chi connectivity index (χ3v) is 5.03. The summed E-state index contributed by atoms with van der Waals surface area (Å²) in [7, 11) is -1.92. The highest BCUT2D eigenvalue weighted by atomic mass is 32.2. The summed E-state index contributed by atoms with van der Waals surface area (Å²) < 4.78 is 29.4. The standard InChI is InChI=1S/C14H20N2O4S/c1-16(12-6-4-11(15)5-7-12)14(17)10-21(18,19)9-13-3-2-8-20-13/h4-7,13H,2-3,8-10,15H2,1H3. The Kier molecular flexibility index (Phi) is 4.84. The Balaban J connectivity index is 1.97. The van der Waals surface area contributed by atoms with Gasteiger partial charge >= 0.3 is 0 Å². The highest BCUT2D eigenvalue weighted by Gasteiger charge is 2.26. The van der Waals surface area contributed by atoms with Crippen molar-refractivity contribution in [2.45, 2.75) is 18.9 Å². The lowest BCUT2D eigenvalue weighted by Crippen LogP contribution is -2.35. The molecule has 7 heteroatoms.